The van der Waals surface area contributed by atoms with Crippen LogP contribution in [0, 0.1) is 6.92 Å². The van der Waals surface area contributed by atoms with Crippen molar-refractivity contribution in [2.24, 2.45) is 0 Å². The summed E-state index contributed by atoms with van der Waals surface area (Å²) in [4.78, 5) is 14.2. The molecule has 0 saturated heterocycles. The standard InChI is InChI=1S/C25H25N5O2S/c1-4-17(3)32-20-12-10-18(11-13-20)24(31)27-25(33)26-21-15-23-22(14-16(21)2)28-30(29-23)19-8-6-5-7-9-19/h5-15,17H,4H2,1-3H3,(H2,26,27,31,33). The van der Waals surface area contributed by atoms with Crippen molar-refractivity contribution in [1.29, 1.82) is 0 Å². The monoisotopic (exact) mass is 459 g/mol. The fourth-order valence-electron chi connectivity index (χ4n) is 3.21. The molecule has 0 aliphatic rings. The van der Waals surface area contributed by atoms with Crippen LogP contribution >= 0.6 is 12.2 Å². The van der Waals surface area contributed by atoms with E-state index in [1.165, 1.54) is 0 Å². The molecule has 0 fully saturated rings. The molecule has 33 heavy (non-hydrogen) atoms. The number of rotatable bonds is 6. The van der Waals surface area contributed by atoms with Crippen LogP contribution in [0.4, 0.5) is 5.69 Å². The zero-order valence-electron chi connectivity index (χ0n) is 18.7. The third-order valence-corrected chi connectivity index (χ3v) is 5.42. The third kappa shape index (κ3) is 5.35. The van der Waals surface area contributed by atoms with E-state index < -0.39 is 0 Å². The number of anilines is 1. The Morgan fingerprint density at radius 3 is 2.39 bits per heavy atom. The number of carbonyl (C=O) groups is 1. The largest absolute Gasteiger partial charge is 0.491 e. The van der Waals surface area contributed by atoms with E-state index in [4.69, 9.17) is 17.0 Å². The SMILES string of the molecule is CCC(C)Oc1ccc(C(=O)NC(=S)Nc2cc3nn(-c4ccccc4)nc3cc2C)cc1. The van der Waals surface area contributed by atoms with E-state index in [0.29, 0.717) is 5.56 Å². The molecule has 0 radical (unpaired) electrons. The number of carbonyl (C=O) groups excluding carboxylic acids is 1. The van der Waals surface area contributed by atoms with Crippen molar-refractivity contribution in [3.05, 3.63) is 77.9 Å². The Morgan fingerprint density at radius 2 is 1.73 bits per heavy atom. The summed E-state index contributed by atoms with van der Waals surface area (Å²) in [5.74, 6) is 0.436. The van der Waals surface area contributed by atoms with Gasteiger partial charge in [0.25, 0.3) is 5.91 Å². The Bertz CT molecular complexity index is 1290. The Kier molecular flexibility index (Phi) is 6.65. The summed E-state index contributed by atoms with van der Waals surface area (Å²) < 4.78 is 5.75. The number of ether oxygens (including phenoxy) is 1. The smallest absolute Gasteiger partial charge is 0.257 e. The lowest BCUT2D eigenvalue weighted by atomic mass is 10.2. The lowest BCUT2D eigenvalue weighted by Gasteiger charge is -2.13. The number of benzene rings is 3. The average molecular weight is 460 g/mol. The first kappa shape index (κ1) is 22.4. The number of fused-ring (bicyclic) bond motifs is 1. The highest BCUT2D eigenvalue weighted by molar-refractivity contribution is 7.80. The molecule has 4 rings (SSSR count). The molecule has 1 aromatic heterocycles. The topological polar surface area (TPSA) is 81.1 Å². The molecular formula is C25H25N5O2S. The molecule has 1 amide bonds. The maximum atomic E-state index is 12.6. The lowest BCUT2D eigenvalue weighted by Crippen LogP contribution is -2.34. The molecule has 0 spiro atoms. The van der Waals surface area contributed by atoms with Crippen molar-refractivity contribution in [3.8, 4) is 11.4 Å². The zero-order chi connectivity index (χ0) is 23.4. The summed E-state index contributed by atoms with van der Waals surface area (Å²) in [6.45, 7) is 6.02. The Balaban J connectivity index is 1.44. The van der Waals surface area contributed by atoms with Gasteiger partial charge in [0.2, 0.25) is 0 Å². The van der Waals surface area contributed by atoms with E-state index in [-0.39, 0.29) is 17.1 Å². The van der Waals surface area contributed by atoms with Crippen molar-refractivity contribution in [3.63, 3.8) is 0 Å². The number of aryl methyl sites for hydroxylation is 1. The van der Waals surface area contributed by atoms with Gasteiger partial charge in [-0.25, -0.2) is 0 Å². The summed E-state index contributed by atoms with van der Waals surface area (Å²) in [5, 5.41) is 15.1. The van der Waals surface area contributed by atoms with Crippen molar-refractivity contribution < 1.29 is 9.53 Å². The molecule has 1 heterocycles. The normalized spacial score (nSPS) is 11.7. The van der Waals surface area contributed by atoms with Crippen molar-refractivity contribution in [2.45, 2.75) is 33.3 Å². The average Bonchev–Trinajstić information content (AvgIpc) is 3.23. The quantitative estimate of drug-likeness (QED) is 0.394. The van der Waals surface area contributed by atoms with Crippen LogP contribution in [0.1, 0.15) is 36.2 Å². The molecule has 8 heteroatoms. The highest BCUT2D eigenvalue weighted by Gasteiger charge is 2.12. The maximum Gasteiger partial charge on any atom is 0.257 e. The zero-order valence-corrected chi connectivity index (χ0v) is 19.5. The molecule has 3 aromatic carbocycles. The molecule has 1 atom stereocenters. The van der Waals surface area contributed by atoms with E-state index in [0.717, 1.165) is 40.1 Å². The van der Waals surface area contributed by atoms with E-state index in [1.54, 1.807) is 29.1 Å². The number of para-hydroxylation sites is 1. The van der Waals surface area contributed by atoms with E-state index in [2.05, 4.69) is 27.8 Å². The highest BCUT2D eigenvalue weighted by Crippen LogP contribution is 2.22. The minimum atomic E-state index is -0.295. The van der Waals surface area contributed by atoms with Gasteiger partial charge < -0.3 is 10.1 Å². The molecule has 0 saturated carbocycles. The number of nitrogens with zero attached hydrogens (tertiary/aromatic N) is 3. The van der Waals surface area contributed by atoms with Gasteiger partial charge in [-0.05, 0) is 86.6 Å². The van der Waals surface area contributed by atoms with Crippen LogP contribution in [0.25, 0.3) is 16.7 Å². The van der Waals surface area contributed by atoms with Crippen LogP contribution in [0.2, 0.25) is 0 Å². The van der Waals surface area contributed by atoms with E-state index in [1.807, 2.05) is 56.3 Å². The second-order valence-corrected chi connectivity index (χ2v) is 8.16. The summed E-state index contributed by atoms with van der Waals surface area (Å²) >= 11 is 5.37. The first-order valence-electron chi connectivity index (χ1n) is 10.7. The van der Waals surface area contributed by atoms with Gasteiger partial charge in [-0.3, -0.25) is 10.1 Å². The van der Waals surface area contributed by atoms with Crippen LogP contribution in [0.15, 0.2) is 66.7 Å². The number of hydrogen-bond acceptors (Lipinski definition) is 5. The van der Waals surface area contributed by atoms with Crippen LogP contribution in [0.3, 0.4) is 0 Å². The maximum absolute atomic E-state index is 12.6. The first-order valence-corrected chi connectivity index (χ1v) is 11.2. The van der Waals surface area contributed by atoms with Gasteiger partial charge in [0.15, 0.2) is 5.11 Å². The summed E-state index contributed by atoms with van der Waals surface area (Å²) in [5.41, 5.74) is 4.56. The Labute approximate surface area is 197 Å². The van der Waals surface area contributed by atoms with E-state index >= 15 is 0 Å². The van der Waals surface area contributed by atoms with Crippen LogP contribution in [-0.4, -0.2) is 32.1 Å². The minimum Gasteiger partial charge on any atom is -0.491 e. The number of thiocarbonyl (C=S) groups is 1. The van der Waals surface area contributed by atoms with Crippen molar-refractivity contribution >= 4 is 40.0 Å². The van der Waals surface area contributed by atoms with Gasteiger partial charge in [-0.2, -0.15) is 4.80 Å². The number of amides is 1. The van der Waals surface area contributed by atoms with Gasteiger partial charge in [0, 0.05) is 11.3 Å². The second-order valence-electron chi connectivity index (χ2n) is 7.75. The predicted molar refractivity (Wildman–Crippen MR) is 134 cm³/mol. The molecular weight excluding hydrogens is 434 g/mol. The molecule has 7 nitrogen and oxygen atoms in total. The molecule has 4 aromatic rings. The summed E-state index contributed by atoms with van der Waals surface area (Å²) in [6, 6.07) is 20.5. The highest BCUT2D eigenvalue weighted by atomic mass is 32.1. The fraction of sp³-hybridized carbons (Fsp3) is 0.200. The molecule has 1 unspecified atom stereocenters. The number of hydrogen-bond donors (Lipinski definition) is 2. The number of aromatic nitrogens is 3. The van der Waals surface area contributed by atoms with Gasteiger partial charge in [-0.15, -0.1) is 10.2 Å². The van der Waals surface area contributed by atoms with Gasteiger partial charge in [0.05, 0.1) is 11.8 Å². The molecule has 0 bridgehead atoms. The molecule has 2 N–H and O–H groups in total. The fourth-order valence-corrected chi connectivity index (χ4v) is 3.41. The third-order valence-electron chi connectivity index (χ3n) is 5.22. The van der Waals surface area contributed by atoms with Crippen molar-refractivity contribution in [1.82, 2.24) is 20.3 Å². The van der Waals surface area contributed by atoms with Gasteiger partial charge in [0.1, 0.15) is 16.8 Å². The molecule has 0 aliphatic heterocycles. The first-order chi connectivity index (χ1) is 15.9. The second kappa shape index (κ2) is 9.79. The minimum absolute atomic E-state index is 0.122. The Hall–Kier alpha value is -3.78. The van der Waals surface area contributed by atoms with Gasteiger partial charge in [-0.1, -0.05) is 25.1 Å². The summed E-state index contributed by atoms with van der Waals surface area (Å²) in [7, 11) is 0. The van der Waals surface area contributed by atoms with Crippen LogP contribution in [-0.2, 0) is 0 Å². The van der Waals surface area contributed by atoms with Gasteiger partial charge >= 0.3 is 0 Å². The predicted octanol–water partition coefficient (Wildman–Crippen LogP) is 5.03. The molecule has 168 valence electrons. The Morgan fingerprint density at radius 1 is 1.06 bits per heavy atom. The van der Waals surface area contributed by atoms with E-state index in [9.17, 15) is 4.79 Å². The van der Waals surface area contributed by atoms with Crippen LogP contribution in [0.5, 0.6) is 5.75 Å². The summed E-state index contributed by atoms with van der Waals surface area (Å²) in [6.07, 6.45) is 1.03. The van der Waals surface area contributed by atoms with Crippen LogP contribution < -0.4 is 15.4 Å². The lowest BCUT2D eigenvalue weighted by molar-refractivity contribution is 0.0977. The number of nitrogens with one attached hydrogen (secondary N) is 2. The van der Waals surface area contributed by atoms with Crippen molar-refractivity contribution in [2.75, 3.05) is 5.32 Å². The molecule has 0 aliphatic carbocycles.